The number of nitrogens with zero attached hydrogens (tertiary/aromatic N) is 2. The zero-order valence-electron chi connectivity index (χ0n) is 17.5. The van der Waals surface area contributed by atoms with E-state index in [4.69, 9.17) is 4.74 Å². The van der Waals surface area contributed by atoms with Gasteiger partial charge >= 0.3 is 0 Å². The lowest BCUT2D eigenvalue weighted by Gasteiger charge is -2.09. The number of thioether (sulfide) groups is 1. The zero-order valence-corrected chi connectivity index (χ0v) is 19.9. The number of amides is 1. The summed E-state index contributed by atoms with van der Waals surface area (Å²) in [6.07, 6.45) is 1.84. The van der Waals surface area contributed by atoms with Crippen LogP contribution in [0.4, 0.5) is 10.1 Å². The van der Waals surface area contributed by atoms with E-state index in [1.165, 1.54) is 23.9 Å². The van der Waals surface area contributed by atoms with Gasteiger partial charge in [-0.15, -0.1) is 0 Å². The van der Waals surface area contributed by atoms with Crippen LogP contribution in [-0.2, 0) is 11.4 Å². The molecule has 7 heteroatoms. The number of amidine groups is 1. The molecule has 1 heterocycles. The molecule has 0 spiro atoms. The van der Waals surface area contributed by atoms with Gasteiger partial charge < -0.3 is 4.74 Å². The molecule has 162 valence electrons. The van der Waals surface area contributed by atoms with Gasteiger partial charge in [-0.25, -0.2) is 9.38 Å². The Kier molecular flexibility index (Phi) is 6.77. The van der Waals surface area contributed by atoms with Crippen LogP contribution in [0.3, 0.4) is 0 Å². The number of hydrogen-bond donors (Lipinski definition) is 0. The number of likely N-dealkylation sites (N-methyl/N-ethyl adjacent to an activating group) is 1. The molecular weight excluding hydrogens is 491 g/mol. The number of benzene rings is 3. The van der Waals surface area contributed by atoms with Crippen LogP contribution in [0.25, 0.3) is 6.08 Å². The Bertz CT molecular complexity index is 1210. The third-order valence-electron chi connectivity index (χ3n) is 4.82. The summed E-state index contributed by atoms with van der Waals surface area (Å²) in [6.45, 7) is 2.35. The molecule has 0 N–H and O–H groups in total. The Hall–Kier alpha value is -2.90. The van der Waals surface area contributed by atoms with Crippen molar-refractivity contribution in [1.82, 2.24) is 4.90 Å². The molecule has 32 heavy (non-hydrogen) atoms. The molecule has 3 aromatic rings. The maximum atomic E-state index is 13.0. The van der Waals surface area contributed by atoms with Crippen LogP contribution in [-0.4, -0.2) is 23.0 Å². The molecule has 3 aromatic carbocycles. The summed E-state index contributed by atoms with van der Waals surface area (Å²) in [5.41, 5.74) is 3.71. The summed E-state index contributed by atoms with van der Waals surface area (Å²) >= 11 is 4.88. The Labute approximate surface area is 198 Å². The lowest BCUT2D eigenvalue weighted by Crippen LogP contribution is -2.23. The molecule has 0 bridgehead atoms. The molecule has 0 atom stereocenters. The van der Waals surface area contributed by atoms with Gasteiger partial charge in [0.2, 0.25) is 0 Å². The molecule has 1 fully saturated rings. The lowest BCUT2D eigenvalue weighted by molar-refractivity contribution is -0.121. The molecule has 4 nitrogen and oxygen atoms in total. The number of carbonyl (C=O) groups is 1. The smallest absolute Gasteiger partial charge is 0.266 e. The Morgan fingerprint density at radius 1 is 1.09 bits per heavy atom. The largest absolute Gasteiger partial charge is 0.488 e. The molecule has 1 aliphatic heterocycles. The standard InChI is InChI=1S/C25H20BrFN2O2S/c1-16-3-10-20(11-4-16)28-25-29(2)24(30)23(32-25)14-18-7-12-22(21(26)13-18)31-15-17-5-8-19(27)9-6-17/h3-14H,15H2,1-2H3/b23-14+,28-25?. The maximum absolute atomic E-state index is 13.0. The van der Waals surface area contributed by atoms with Crippen LogP contribution in [0.1, 0.15) is 16.7 Å². The summed E-state index contributed by atoms with van der Waals surface area (Å²) in [5, 5.41) is 0.642. The van der Waals surface area contributed by atoms with Crippen molar-refractivity contribution in [2.75, 3.05) is 7.05 Å². The minimum absolute atomic E-state index is 0.0892. The fraction of sp³-hybridized carbons (Fsp3) is 0.120. The van der Waals surface area contributed by atoms with E-state index in [1.807, 2.05) is 55.5 Å². The summed E-state index contributed by atoms with van der Waals surface area (Å²) in [6, 6.07) is 19.7. The highest BCUT2D eigenvalue weighted by Gasteiger charge is 2.30. The number of ether oxygens (including phenoxy) is 1. The Morgan fingerprint density at radius 2 is 1.81 bits per heavy atom. The molecule has 1 amide bonds. The van der Waals surface area contributed by atoms with Crippen LogP contribution in [0.15, 0.2) is 81.1 Å². The van der Waals surface area contributed by atoms with E-state index in [0.29, 0.717) is 22.4 Å². The molecule has 0 aromatic heterocycles. The first-order chi connectivity index (χ1) is 15.4. The summed E-state index contributed by atoms with van der Waals surface area (Å²) in [4.78, 5) is 19.5. The predicted octanol–water partition coefficient (Wildman–Crippen LogP) is 6.71. The molecule has 1 aliphatic rings. The van der Waals surface area contributed by atoms with Gasteiger partial charge in [0.05, 0.1) is 15.1 Å². The highest BCUT2D eigenvalue weighted by Crippen LogP contribution is 2.34. The highest BCUT2D eigenvalue weighted by molar-refractivity contribution is 9.10. The van der Waals surface area contributed by atoms with Crippen molar-refractivity contribution in [3.63, 3.8) is 0 Å². The average molecular weight is 511 g/mol. The number of carbonyl (C=O) groups excluding carboxylic acids is 1. The maximum Gasteiger partial charge on any atom is 0.266 e. The van der Waals surface area contributed by atoms with E-state index < -0.39 is 0 Å². The Balaban J connectivity index is 1.48. The lowest BCUT2D eigenvalue weighted by atomic mass is 10.2. The van der Waals surface area contributed by atoms with Gasteiger partial charge in [0, 0.05) is 7.05 Å². The second-order valence-electron chi connectivity index (χ2n) is 7.31. The van der Waals surface area contributed by atoms with E-state index in [2.05, 4.69) is 20.9 Å². The molecule has 4 rings (SSSR count). The van der Waals surface area contributed by atoms with Crippen molar-refractivity contribution < 1.29 is 13.9 Å². The first kappa shape index (κ1) is 22.3. The second kappa shape index (κ2) is 9.71. The van der Waals surface area contributed by atoms with E-state index >= 15 is 0 Å². The second-order valence-corrected chi connectivity index (χ2v) is 9.17. The summed E-state index contributed by atoms with van der Waals surface area (Å²) < 4.78 is 19.6. The van der Waals surface area contributed by atoms with Gasteiger partial charge in [-0.2, -0.15) is 0 Å². The van der Waals surface area contributed by atoms with E-state index in [1.54, 1.807) is 24.1 Å². The molecule has 0 aliphatic carbocycles. The van der Waals surface area contributed by atoms with Crippen molar-refractivity contribution >= 4 is 50.5 Å². The van der Waals surface area contributed by atoms with Crippen LogP contribution in [0, 0.1) is 12.7 Å². The number of rotatable bonds is 5. The van der Waals surface area contributed by atoms with Crippen LogP contribution < -0.4 is 4.74 Å². The van der Waals surface area contributed by atoms with Gasteiger partial charge in [-0.3, -0.25) is 9.69 Å². The predicted molar refractivity (Wildman–Crippen MR) is 131 cm³/mol. The van der Waals surface area contributed by atoms with Crippen molar-refractivity contribution in [2.45, 2.75) is 13.5 Å². The zero-order chi connectivity index (χ0) is 22.7. The van der Waals surface area contributed by atoms with Crippen LogP contribution in [0.2, 0.25) is 0 Å². The van der Waals surface area contributed by atoms with Crippen molar-refractivity contribution in [3.05, 3.63) is 98.6 Å². The molecule has 0 unspecified atom stereocenters. The first-order valence-corrected chi connectivity index (χ1v) is 11.5. The minimum Gasteiger partial charge on any atom is -0.488 e. The molecule has 1 saturated heterocycles. The van der Waals surface area contributed by atoms with Gasteiger partial charge in [0.1, 0.15) is 18.2 Å². The number of aryl methyl sites for hydroxylation is 1. The van der Waals surface area contributed by atoms with E-state index in [-0.39, 0.29) is 11.7 Å². The van der Waals surface area contributed by atoms with Gasteiger partial charge in [0.15, 0.2) is 5.17 Å². The topological polar surface area (TPSA) is 41.9 Å². The van der Waals surface area contributed by atoms with Crippen molar-refractivity contribution in [2.24, 2.45) is 4.99 Å². The number of hydrogen-bond acceptors (Lipinski definition) is 4. The first-order valence-electron chi connectivity index (χ1n) is 9.89. The third kappa shape index (κ3) is 5.29. The average Bonchev–Trinajstić information content (AvgIpc) is 3.03. The van der Waals surface area contributed by atoms with Crippen LogP contribution >= 0.6 is 27.7 Å². The summed E-state index contributed by atoms with van der Waals surface area (Å²) in [5.74, 6) is 0.304. The molecular formula is C25H20BrFN2O2S. The minimum atomic E-state index is -0.274. The monoisotopic (exact) mass is 510 g/mol. The SMILES string of the molecule is Cc1ccc(N=C2S/C(=C/c3ccc(OCc4ccc(F)cc4)c(Br)c3)C(=O)N2C)cc1. The molecule has 0 radical (unpaired) electrons. The fourth-order valence-electron chi connectivity index (χ4n) is 3.00. The van der Waals surface area contributed by atoms with E-state index in [0.717, 1.165) is 26.9 Å². The van der Waals surface area contributed by atoms with E-state index in [9.17, 15) is 9.18 Å². The molecule has 0 saturated carbocycles. The third-order valence-corrected chi connectivity index (χ3v) is 6.50. The normalized spacial score (nSPS) is 16.2. The van der Waals surface area contributed by atoms with Crippen molar-refractivity contribution in [3.8, 4) is 5.75 Å². The highest BCUT2D eigenvalue weighted by atomic mass is 79.9. The number of halogens is 2. The summed E-state index contributed by atoms with van der Waals surface area (Å²) in [7, 11) is 1.73. The Morgan fingerprint density at radius 3 is 2.50 bits per heavy atom. The fourth-order valence-corrected chi connectivity index (χ4v) is 4.50. The quantitative estimate of drug-likeness (QED) is 0.358. The number of aliphatic imine (C=N–C) groups is 1. The van der Waals surface area contributed by atoms with Gasteiger partial charge in [-0.05, 0) is 88.2 Å². The van der Waals surface area contributed by atoms with Gasteiger partial charge in [0.25, 0.3) is 5.91 Å². The van der Waals surface area contributed by atoms with Crippen molar-refractivity contribution in [1.29, 1.82) is 0 Å². The van der Waals surface area contributed by atoms with Gasteiger partial charge in [-0.1, -0.05) is 35.9 Å². The van der Waals surface area contributed by atoms with Crippen LogP contribution in [0.5, 0.6) is 5.75 Å².